The maximum absolute atomic E-state index is 2.76. The van der Waals surface area contributed by atoms with E-state index in [1.54, 1.807) is 24.9 Å². The van der Waals surface area contributed by atoms with Gasteiger partial charge in [0.15, 0.2) is 0 Å². The molecule has 0 bridgehead atoms. The van der Waals surface area contributed by atoms with E-state index >= 15 is 0 Å². The average Bonchev–Trinajstić information content (AvgIpc) is 2.24. The summed E-state index contributed by atoms with van der Waals surface area (Å²) < 4.78 is 0. The van der Waals surface area contributed by atoms with Gasteiger partial charge >= 0.3 is 51.4 Å². The van der Waals surface area contributed by atoms with Gasteiger partial charge < -0.3 is 0 Å². The van der Waals surface area contributed by atoms with E-state index in [1.165, 1.54) is 0 Å². The Kier molecular flexibility index (Phi) is 13.0. The molecule has 0 nitrogen and oxygen atoms in total. The van der Waals surface area contributed by atoms with Gasteiger partial charge in [-0.15, -0.1) is 15.2 Å². The van der Waals surface area contributed by atoms with Gasteiger partial charge in [-0.1, -0.05) is 117 Å². The summed E-state index contributed by atoms with van der Waals surface area (Å²) in [5, 5.41) is 0. The molecule has 0 saturated carbocycles. The van der Waals surface area contributed by atoms with Gasteiger partial charge in [0.2, 0.25) is 0 Å². The van der Waals surface area contributed by atoms with Crippen LogP contribution in [-0.2, 0) is 0 Å². The van der Waals surface area contributed by atoms with Gasteiger partial charge in [0.1, 0.15) is 0 Å². The van der Waals surface area contributed by atoms with Gasteiger partial charge in [0, 0.05) is 29.4 Å². The number of unbranched alkanes of at least 4 members (excludes halogenated alkanes) is 1. The van der Waals surface area contributed by atoms with Crippen LogP contribution in [0.5, 0.6) is 0 Å². The smallest absolute Gasteiger partial charge is 0.254 e. The fourth-order valence-corrected chi connectivity index (χ4v) is 143. The Bertz CT molecular complexity index is 395. The standard InChI is InChI=1S/C19H53Si7.K/c1-21(2,3)20(22(4,5)6)18-16-17-19-26(23(7,8)9,24(10,11)12)25(13,14)15;/h16-19H2,1-15H3;/q-1;+1. The van der Waals surface area contributed by atoms with Gasteiger partial charge in [-0.25, -0.2) is 0 Å². The van der Waals surface area contributed by atoms with Crippen molar-refractivity contribution in [2.75, 3.05) is 0 Å². The fraction of sp³-hybridized carbons (Fsp3) is 1.00. The minimum atomic E-state index is -1.11. The molecule has 0 radical (unpaired) electrons. The molecule has 0 N–H and O–H groups in total. The van der Waals surface area contributed by atoms with Crippen LogP contribution in [0.2, 0.25) is 110 Å². The first kappa shape index (κ1) is 32.3. The van der Waals surface area contributed by atoms with E-state index in [4.69, 9.17) is 0 Å². The van der Waals surface area contributed by atoms with Crippen LogP contribution in [0, 0.1) is 0 Å². The Balaban J connectivity index is 0. The molecule has 0 amide bonds. The summed E-state index contributed by atoms with van der Waals surface area (Å²) in [7, 11) is -5.14. The molecule has 0 aliphatic rings. The van der Waals surface area contributed by atoms with Gasteiger partial charge in [0.25, 0.3) is 0 Å². The van der Waals surface area contributed by atoms with E-state index in [2.05, 4.69) is 98.2 Å². The predicted molar refractivity (Wildman–Crippen MR) is 147 cm³/mol. The molecule has 0 atom stereocenters. The van der Waals surface area contributed by atoms with Crippen LogP contribution in [0.15, 0.2) is 0 Å². The molecular formula is C19H53KSi7. The molecule has 0 unspecified atom stereocenters. The molecule has 8 heteroatoms. The molecule has 0 aromatic heterocycles. The maximum Gasteiger partial charge on any atom is 1.00 e. The third-order valence-electron chi connectivity index (χ3n) is 6.88. The normalized spacial score (nSPS) is 15.1. The zero-order chi connectivity index (χ0) is 21.4. The van der Waals surface area contributed by atoms with E-state index < -0.39 is 44.6 Å². The molecule has 0 aromatic rings. The molecule has 0 aliphatic heterocycles. The van der Waals surface area contributed by atoms with E-state index in [0.717, 1.165) is 0 Å². The average molecular weight is 517 g/mol. The van der Waals surface area contributed by atoms with Crippen LogP contribution in [0.3, 0.4) is 0 Å². The second-order valence-corrected chi connectivity index (χ2v) is 79.9. The number of hydrogen-bond acceptors (Lipinski definition) is 0. The summed E-state index contributed by atoms with van der Waals surface area (Å²) in [5.74, 6) is 0. The topological polar surface area (TPSA) is 0 Å². The van der Waals surface area contributed by atoms with E-state index in [0.29, 0.717) is 0 Å². The zero-order valence-electron chi connectivity index (χ0n) is 22.3. The van der Waals surface area contributed by atoms with Crippen molar-refractivity contribution in [2.45, 2.75) is 123 Å². The van der Waals surface area contributed by atoms with Crippen LogP contribution in [0.25, 0.3) is 0 Å². The van der Waals surface area contributed by atoms with Crippen LogP contribution in [-0.4, -0.2) is 52.4 Å². The third-order valence-corrected chi connectivity index (χ3v) is 112. The predicted octanol–water partition coefficient (Wildman–Crippen LogP) is 4.80. The Labute approximate surface area is 223 Å². The molecule has 0 aromatic carbocycles. The van der Waals surface area contributed by atoms with Crippen LogP contribution >= 0.6 is 0 Å². The summed E-state index contributed by atoms with van der Waals surface area (Å²) in [6.07, 6.45) is 3.14. The minimum absolute atomic E-state index is 0. The SMILES string of the molecule is C[Si](C)(C)[Si-](CCCC[Si]([Si](C)(C)C)([Si](C)(C)C)[Si](C)(C)C)[Si](C)(C)C.[K+]. The van der Waals surface area contributed by atoms with Crippen LogP contribution in [0.1, 0.15) is 12.8 Å². The van der Waals surface area contributed by atoms with Crippen molar-refractivity contribution < 1.29 is 51.4 Å². The van der Waals surface area contributed by atoms with Gasteiger partial charge in [-0.2, -0.15) is 6.04 Å². The van der Waals surface area contributed by atoms with Crippen LogP contribution < -0.4 is 51.4 Å². The first-order valence-corrected chi connectivity index (χ1v) is 37.4. The number of hydrogen-bond donors (Lipinski definition) is 0. The molecule has 27 heavy (non-hydrogen) atoms. The first-order valence-electron chi connectivity index (χ1n) is 11.0. The van der Waals surface area contributed by atoms with Gasteiger partial charge in [0.05, 0.1) is 0 Å². The van der Waals surface area contributed by atoms with Crippen molar-refractivity contribution in [3.63, 3.8) is 0 Å². The van der Waals surface area contributed by atoms with Gasteiger partial charge in [-0.3, -0.25) is 7.83 Å². The monoisotopic (exact) mass is 516 g/mol. The molecule has 0 aliphatic carbocycles. The summed E-state index contributed by atoms with van der Waals surface area (Å²) >= 11 is 0. The Morgan fingerprint density at radius 2 is 0.778 bits per heavy atom. The van der Waals surface area contributed by atoms with E-state index in [-0.39, 0.29) is 59.2 Å². The Hall–Kier alpha value is 3.15. The Morgan fingerprint density at radius 1 is 0.481 bits per heavy atom. The fourth-order valence-electron chi connectivity index (χ4n) is 7.07. The molecule has 0 saturated heterocycles. The quantitative estimate of drug-likeness (QED) is 0.289. The van der Waals surface area contributed by atoms with Crippen molar-refractivity contribution in [1.82, 2.24) is 0 Å². The molecule has 158 valence electrons. The molecule has 0 heterocycles. The summed E-state index contributed by atoms with van der Waals surface area (Å²) in [6.45, 7) is 39.7. The van der Waals surface area contributed by atoms with Crippen LogP contribution in [0.4, 0.5) is 0 Å². The molecule has 0 rings (SSSR count). The minimum Gasteiger partial charge on any atom is -0.254 e. The zero-order valence-corrected chi connectivity index (χ0v) is 32.5. The molecular weight excluding hydrogens is 464 g/mol. The van der Waals surface area contributed by atoms with Gasteiger partial charge in [-0.05, 0) is 0 Å². The van der Waals surface area contributed by atoms with Crippen molar-refractivity contribution in [3.8, 4) is 0 Å². The number of rotatable bonds is 10. The Morgan fingerprint density at radius 3 is 1.00 bits per heavy atom. The maximum atomic E-state index is 2.76. The molecule has 0 spiro atoms. The second kappa shape index (κ2) is 10.8. The van der Waals surface area contributed by atoms with E-state index in [1.807, 2.05) is 0 Å². The largest absolute Gasteiger partial charge is 1.00 e. The third kappa shape index (κ3) is 8.55. The van der Waals surface area contributed by atoms with E-state index in [9.17, 15) is 0 Å². The van der Waals surface area contributed by atoms with Crippen molar-refractivity contribution in [3.05, 3.63) is 0 Å². The van der Waals surface area contributed by atoms with Crippen molar-refractivity contribution in [2.24, 2.45) is 0 Å². The summed E-state index contributed by atoms with van der Waals surface area (Å²) in [6, 6.07) is 3.34. The second-order valence-electron chi connectivity index (χ2n) is 13.8. The van der Waals surface area contributed by atoms with Crippen molar-refractivity contribution in [1.29, 1.82) is 0 Å². The molecule has 0 fully saturated rings. The first-order chi connectivity index (χ1) is 11.1. The summed E-state index contributed by atoms with van der Waals surface area (Å²) in [4.78, 5) is 0. The van der Waals surface area contributed by atoms with Crippen molar-refractivity contribution >= 4 is 52.4 Å². The summed E-state index contributed by atoms with van der Waals surface area (Å²) in [5.41, 5.74) is 0.